The lowest BCUT2D eigenvalue weighted by molar-refractivity contribution is 0.102. The van der Waals surface area contributed by atoms with Crippen molar-refractivity contribution in [1.29, 1.82) is 0 Å². The number of benzene rings is 2. The number of aromatic nitrogens is 3. The van der Waals surface area contributed by atoms with E-state index in [4.69, 9.17) is 5.73 Å². The van der Waals surface area contributed by atoms with Gasteiger partial charge in [0.1, 0.15) is 0 Å². The number of hydrogen-bond acceptors (Lipinski definition) is 4. The summed E-state index contributed by atoms with van der Waals surface area (Å²) in [5.74, 6) is -0.159. The van der Waals surface area contributed by atoms with Crippen molar-refractivity contribution < 1.29 is 4.79 Å². The lowest BCUT2D eigenvalue weighted by atomic mass is 10.1. The van der Waals surface area contributed by atoms with Gasteiger partial charge in [-0.1, -0.05) is 35.5 Å². The molecule has 0 radical (unpaired) electrons. The number of amides is 1. The number of nitrogens with two attached hydrogens (primary N) is 1. The van der Waals surface area contributed by atoms with E-state index in [-0.39, 0.29) is 17.4 Å². The highest BCUT2D eigenvalue weighted by Gasteiger charge is 2.19. The van der Waals surface area contributed by atoms with Gasteiger partial charge in [-0.25, -0.2) is 0 Å². The van der Waals surface area contributed by atoms with Gasteiger partial charge in [-0.15, -0.1) is 5.10 Å². The van der Waals surface area contributed by atoms with Crippen molar-refractivity contribution in [2.75, 3.05) is 11.1 Å². The molecule has 0 aliphatic heterocycles. The highest BCUT2D eigenvalue weighted by Crippen LogP contribution is 2.22. The van der Waals surface area contributed by atoms with Gasteiger partial charge in [0.05, 0.1) is 5.69 Å². The predicted molar refractivity (Wildman–Crippen MR) is 94.4 cm³/mol. The van der Waals surface area contributed by atoms with Crippen LogP contribution in [0.25, 0.3) is 5.69 Å². The third kappa shape index (κ3) is 2.86. The molecular formula is C18H19N5O. The van der Waals surface area contributed by atoms with Gasteiger partial charge < -0.3 is 11.1 Å². The molecule has 24 heavy (non-hydrogen) atoms. The van der Waals surface area contributed by atoms with Crippen molar-refractivity contribution in [3.05, 3.63) is 64.8 Å². The third-order valence-electron chi connectivity index (χ3n) is 3.89. The minimum atomic E-state index is -0.371. The zero-order valence-corrected chi connectivity index (χ0v) is 13.9. The number of hydrogen-bond donors (Lipinski definition) is 2. The van der Waals surface area contributed by atoms with Gasteiger partial charge >= 0.3 is 0 Å². The van der Waals surface area contributed by atoms with Crippen molar-refractivity contribution in [2.45, 2.75) is 20.8 Å². The minimum absolute atomic E-state index is 0.110. The molecule has 0 saturated heterocycles. The predicted octanol–water partition coefficient (Wildman–Crippen LogP) is 3.03. The van der Waals surface area contributed by atoms with Crippen LogP contribution in [0.4, 0.5) is 11.5 Å². The van der Waals surface area contributed by atoms with Crippen molar-refractivity contribution in [3.8, 4) is 5.69 Å². The van der Waals surface area contributed by atoms with Crippen LogP contribution in [0.1, 0.15) is 27.2 Å². The molecule has 3 rings (SSSR count). The largest absolute Gasteiger partial charge is 0.382 e. The molecule has 3 aromatic rings. The van der Waals surface area contributed by atoms with Crippen LogP contribution in [0.15, 0.2) is 42.5 Å². The van der Waals surface area contributed by atoms with Gasteiger partial charge in [0.15, 0.2) is 11.5 Å². The van der Waals surface area contributed by atoms with Gasteiger partial charge in [0.2, 0.25) is 0 Å². The van der Waals surface area contributed by atoms with Gasteiger partial charge in [-0.05, 0) is 49.6 Å². The number of anilines is 2. The first-order valence-corrected chi connectivity index (χ1v) is 7.63. The highest BCUT2D eigenvalue weighted by atomic mass is 16.2. The maximum Gasteiger partial charge on any atom is 0.280 e. The zero-order chi connectivity index (χ0) is 17.3. The van der Waals surface area contributed by atoms with Crippen LogP contribution in [0.2, 0.25) is 0 Å². The van der Waals surface area contributed by atoms with Crippen LogP contribution in [0.5, 0.6) is 0 Å². The van der Waals surface area contributed by atoms with Gasteiger partial charge in [-0.2, -0.15) is 4.68 Å². The van der Waals surface area contributed by atoms with Gasteiger partial charge in [0.25, 0.3) is 5.91 Å². The maximum absolute atomic E-state index is 12.5. The second-order valence-electron chi connectivity index (χ2n) is 5.80. The van der Waals surface area contributed by atoms with E-state index < -0.39 is 0 Å². The minimum Gasteiger partial charge on any atom is -0.382 e. The van der Waals surface area contributed by atoms with Crippen LogP contribution in [0, 0.1) is 20.8 Å². The van der Waals surface area contributed by atoms with Gasteiger partial charge in [-0.3, -0.25) is 4.79 Å². The zero-order valence-electron chi connectivity index (χ0n) is 13.9. The molecule has 0 aliphatic rings. The number of carbonyl (C=O) groups excluding carboxylic acids is 1. The number of nitrogens with zero attached hydrogens (tertiary/aromatic N) is 3. The number of aryl methyl sites for hydroxylation is 3. The molecule has 0 aliphatic carbocycles. The summed E-state index contributed by atoms with van der Waals surface area (Å²) in [7, 11) is 0. The molecule has 6 nitrogen and oxygen atoms in total. The fourth-order valence-electron chi connectivity index (χ4n) is 2.59. The summed E-state index contributed by atoms with van der Waals surface area (Å²) < 4.78 is 1.46. The number of rotatable bonds is 3. The van der Waals surface area contributed by atoms with E-state index >= 15 is 0 Å². The first kappa shape index (κ1) is 15.7. The van der Waals surface area contributed by atoms with Crippen LogP contribution in [-0.4, -0.2) is 20.9 Å². The van der Waals surface area contributed by atoms with E-state index in [2.05, 4.69) is 15.6 Å². The molecule has 0 atom stereocenters. The Morgan fingerprint density at radius 2 is 1.75 bits per heavy atom. The van der Waals surface area contributed by atoms with Crippen LogP contribution >= 0.6 is 0 Å². The Balaban J connectivity index is 1.92. The van der Waals surface area contributed by atoms with Crippen LogP contribution in [-0.2, 0) is 0 Å². The Kier molecular flexibility index (Phi) is 4.04. The molecule has 0 saturated carbocycles. The molecule has 1 aromatic heterocycles. The second-order valence-corrected chi connectivity index (χ2v) is 5.80. The molecule has 0 fully saturated rings. The smallest absolute Gasteiger partial charge is 0.280 e. The summed E-state index contributed by atoms with van der Waals surface area (Å²) in [5, 5.41) is 10.8. The first-order valence-electron chi connectivity index (χ1n) is 7.63. The Bertz CT molecular complexity index is 893. The molecule has 2 aromatic carbocycles. The van der Waals surface area contributed by atoms with E-state index in [1.807, 2.05) is 63.2 Å². The normalized spacial score (nSPS) is 10.6. The molecule has 122 valence electrons. The molecule has 1 heterocycles. The number of nitrogen functional groups attached to an aromatic ring is 1. The summed E-state index contributed by atoms with van der Waals surface area (Å²) >= 11 is 0. The third-order valence-corrected chi connectivity index (χ3v) is 3.89. The molecular weight excluding hydrogens is 302 g/mol. The fourth-order valence-corrected chi connectivity index (χ4v) is 2.59. The topological polar surface area (TPSA) is 85.8 Å². The summed E-state index contributed by atoms with van der Waals surface area (Å²) in [5.41, 5.74) is 10.8. The Labute approximate surface area is 140 Å². The van der Waals surface area contributed by atoms with Crippen LogP contribution in [0.3, 0.4) is 0 Å². The highest BCUT2D eigenvalue weighted by molar-refractivity contribution is 6.06. The van der Waals surface area contributed by atoms with E-state index in [9.17, 15) is 4.79 Å². The second kappa shape index (κ2) is 6.16. The summed E-state index contributed by atoms with van der Waals surface area (Å²) in [6.07, 6.45) is 0. The standard InChI is InChI=1S/C18H19N5O/c1-11-6-4-9-14(10-11)23-17(19)16(21-22-23)18(24)20-15-12(2)7-5-8-13(15)3/h4-10H,19H2,1-3H3,(H,20,24). The van der Waals surface area contributed by atoms with E-state index in [1.54, 1.807) is 0 Å². The Morgan fingerprint density at radius 1 is 1.08 bits per heavy atom. The van der Waals surface area contributed by atoms with Crippen molar-refractivity contribution >= 4 is 17.4 Å². The molecule has 6 heteroatoms. The lowest BCUT2D eigenvalue weighted by Gasteiger charge is -2.10. The maximum atomic E-state index is 12.5. The quantitative estimate of drug-likeness (QED) is 0.776. The van der Waals surface area contributed by atoms with E-state index in [0.717, 1.165) is 28.1 Å². The summed E-state index contributed by atoms with van der Waals surface area (Å²) in [4.78, 5) is 12.5. The van der Waals surface area contributed by atoms with E-state index in [1.165, 1.54) is 4.68 Å². The summed E-state index contributed by atoms with van der Waals surface area (Å²) in [6, 6.07) is 13.5. The Morgan fingerprint density at radius 3 is 2.42 bits per heavy atom. The summed E-state index contributed by atoms with van der Waals surface area (Å²) in [6.45, 7) is 5.86. The SMILES string of the molecule is Cc1cccc(-n2nnc(C(=O)Nc3c(C)cccc3C)c2N)c1. The molecule has 0 unspecified atom stereocenters. The van der Waals surface area contributed by atoms with Crippen molar-refractivity contribution in [2.24, 2.45) is 0 Å². The molecule has 0 bridgehead atoms. The molecule has 3 N–H and O–H groups in total. The molecule has 0 spiro atoms. The monoisotopic (exact) mass is 321 g/mol. The van der Waals surface area contributed by atoms with E-state index in [0.29, 0.717) is 0 Å². The molecule has 1 amide bonds. The van der Waals surface area contributed by atoms with Crippen molar-refractivity contribution in [1.82, 2.24) is 15.0 Å². The van der Waals surface area contributed by atoms with Crippen LogP contribution < -0.4 is 11.1 Å². The first-order chi connectivity index (χ1) is 11.5. The average molecular weight is 321 g/mol. The lowest BCUT2D eigenvalue weighted by Crippen LogP contribution is -2.16. The number of para-hydroxylation sites is 1. The number of nitrogens with one attached hydrogen (secondary N) is 1. The Hall–Kier alpha value is -3.15. The fraction of sp³-hybridized carbons (Fsp3) is 0.167. The van der Waals surface area contributed by atoms with Gasteiger partial charge in [0, 0.05) is 5.69 Å². The average Bonchev–Trinajstić information content (AvgIpc) is 2.92. The number of carbonyl (C=O) groups is 1. The van der Waals surface area contributed by atoms with Crippen molar-refractivity contribution in [3.63, 3.8) is 0 Å².